The second-order valence-electron chi connectivity index (χ2n) is 5.01. The molecule has 0 radical (unpaired) electrons. The van der Waals surface area contributed by atoms with Crippen molar-refractivity contribution in [2.75, 3.05) is 11.4 Å². The van der Waals surface area contributed by atoms with E-state index < -0.39 is 5.67 Å². The summed E-state index contributed by atoms with van der Waals surface area (Å²) in [6, 6.07) is 5.86. The molecule has 0 saturated carbocycles. The number of hydrogen-bond donors (Lipinski definition) is 0. The highest BCUT2D eigenvalue weighted by atomic mass is 19.1. The predicted octanol–water partition coefficient (Wildman–Crippen LogP) is 2.63. The van der Waals surface area contributed by atoms with Crippen molar-refractivity contribution in [3.63, 3.8) is 0 Å². The number of rotatable bonds is 2. The third-order valence-electron chi connectivity index (χ3n) is 2.70. The second-order valence-corrected chi connectivity index (χ2v) is 5.01. The number of carbonyl (C=O) groups excluding carboxylic acids is 1. The molecule has 0 unspecified atom stereocenters. The zero-order valence-electron chi connectivity index (χ0n) is 9.88. The number of hydrogen-bond acceptors (Lipinski definition) is 1. The Labute approximate surface area is 95.1 Å². The Morgan fingerprint density at radius 1 is 1.44 bits per heavy atom. The summed E-state index contributed by atoms with van der Waals surface area (Å²) in [5.74, 6) is -0.00803. The molecule has 0 saturated heterocycles. The number of alkyl halides is 1. The van der Waals surface area contributed by atoms with Crippen LogP contribution in [0.5, 0.6) is 0 Å². The Kier molecular flexibility index (Phi) is 2.49. The summed E-state index contributed by atoms with van der Waals surface area (Å²) in [7, 11) is 0. The summed E-state index contributed by atoms with van der Waals surface area (Å²) in [5, 5.41) is 0. The highest BCUT2D eigenvalue weighted by molar-refractivity contribution is 6.01. The van der Waals surface area contributed by atoms with Crippen molar-refractivity contribution in [2.45, 2.75) is 32.9 Å². The molecule has 0 spiro atoms. The summed E-state index contributed by atoms with van der Waals surface area (Å²) in [5.41, 5.74) is 1.64. The van der Waals surface area contributed by atoms with Gasteiger partial charge in [-0.3, -0.25) is 4.79 Å². The summed E-state index contributed by atoms with van der Waals surface area (Å²) in [6.07, 6.45) is 0.396. The van der Waals surface area contributed by atoms with E-state index in [9.17, 15) is 9.18 Å². The topological polar surface area (TPSA) is 20.3 Å². The molecular weight excluding hydrogens is 205 g/mol. The van der Waals surface area contributed by atoms with Crippen LogP contribution >= 0.6 is 0 Å². The molecule has 16 heavy (non-hydrogen) atoms. The Morgan fingerprint density at radius 3 is 2.75 bits per heavy atom. The lowest BCUT2D eigenvalue weighted by Gasteiger charge is -2.24. The smallest absolute Gasteiger partial charge is 0.231 e. The van der Waals surface area contributed by atoms with E-state index in [4.69, 9.17) is 0 Å². The molecule has 0 aromatic heterocycles. The molecule has 86 valence electrons. The average Bonchev–Trinajstić information content (AvgIpc) is 2.40. The number of halogens is 1. The van der Waals surface area contributed by atoms with Crippen molar-refractivity contribution >= 4 is 11.6 Å². The van der Waals surface area contributed by atoms with E-state index in [1.807, 2.05) is 25.1 Å². The van der Waals surface area contributed by atoms with Crippen LogP contribution in [0.3, 0.4) is 0 Å². The maximum absolute atomic E-state index is 13.6. The van der Waals surface area contributed by atoms with E-state index in [1.54, 1.807) is 4.90 Å². The monoisotopic (exact) mass is 221 g/mol. The quantitative estimate of drug-likeness (QED) is 0.751. The van der Waals surface area contributed by atoms with Crippen LogP contribution in [0.1, 0.15) is 25.0 Å². The molecule has 1 aliphatic rings. The Morgan fingerprint density at radius 2 is 2.12 bits per heavy atom. The largest absolute Gasteiger partial charge is 0.309 e. The molecule has 1 aromatic carbocycles. The van der Waals surface area contributed by atoms with Gasteiger partial charge in [-0.1, -0.05) is 17.7 Å². The van der Waals surface area contributed by atoms with E-state index >= 15 is 0 Å². The van der Waals surface area contributed by atoms with Gasteiger partial charge in [0.1, 0.15) is 5.67 Å². The van der Waals surface area contributed by atoms with Crippen molar-refractivity contribution in [3.05, 3.63) is 29.3 Å². The SMILES string of the molecule is Cc1ccc2c(c1)CC(=O)N2CC(C)(C)F. The van der Waals surface area contributed by atoms with Gasteiger partial charge in [0.25, 0.3) is 0 Å². The van der Waals surface area contributed by atoms with E-state index in [0.717, 1.165) is 16.8 Å². The first-order chi connectivity index (χ1) is 7.37. The van der Waals surface area contributed by atoms with Crippen LogP contribution in [0.2, 0.25) is 0 Å². The van der Waals surface area contributed by atoms with Crippen LogP contribution in [0.15, 0.2) is 18.2 Å². The molecule has 1 heterocycles. The van der Waals surface area contributed by atoms with E-state index in [2.05, 4.69) is 0 Å². The van der Waals surface area contributed by atoms with Crippen molar-refractivity contribution in [1.82, 2.24) is 0 Å². The third-order valence-corrected chi connectivity index (χ3v) is 2.70. The number of benzene rings is 1. The normalized spacial score (nSPS) is 15.5. The van der Waals surface area contributed by atoms with E-state index in [0.29, 0.717) is 6.42 Å². The van der Waals surface area contributed by atoms with Gasteiger partial charge in [-0.25, -0.2) is 4.39 Å². The highest BCUT2D eigenvalue weighted by Gasteiger charge is 2.31. The molecule has 1 aromatic rings. The van der Waals surface area contributed by atoms with Crippen molar-refractivity contribution < 1.29 is 9.18 Å². The molecule has 0 aliphatic carbocycles. The molecule has 1 amide bonds. The van der Waals surface area contributed by atoms with Crippen molar-refractivity contribution in [1.29, 1.82) is 0 Å². The van der Waals surface area contributed by atoms with Gasteiger partial charge in [0.15, 0.2) is 0 Å². The Balaban J connectivity index is 2.33. The number of carbonyl (C=O) groups is 1. The first-order valence-electron chi connectivity index (χ1n) is 5.46. The fourth-order valence-corrected chi connectivity index (χ4v) is 2.06. The molecule has 0 N–H and O–H groups in total. The first kappa shape index (κ1) is 11.1. The third kappa shape index (κ3) is 2.08. The molecule has 1 aliphatic heterocycles. The minimum absolute atomic E-state index is 0.00803. The zero-order valence-corrected chi connectivity index (χ0v) is 9.88. The van der Waals surface area contributed by atoms with Crippen molar-refractivity contribution in [2.24, 2.45) is 0 Å². The van der Waals surface area contributed by atoms with Crippen LogP contribution in [0, 0.1) is 6.92 Å². The second kappa shape index (κ2) is 3.58. The van der Waals surface area contributed by atoms with Crippen LogP contribution < -0.4 is 4.90 Å². The summed E-state index contributed by atoms with van der Waals surface area (Å²) in [4.78, 5) is 13.3. The van der Waals surface area contributed by atoms with Gasteiger partial charge in [-0.2, -0.15) is 0 Å². The fraction of sp³-hybridized carbons (Fsp3) is 0.462. The van der Waals surface area contributed by atoms with Gasteiger partial charge < -0.3 is 4.90 Å². The van der Waals surface area contributed by atoms with E-state index in [-0.39, 0.29) is 12.5 Å². The lowest BCUT2D eigenvalue weighted by Crippen LogP contribution is -2.37. The molecule has 0 atom stereocenters. The minimum Gasteiger partial charge on any atom is -0.309 e. The van der Waals surface area contributed by atoms with Gasteiger partial charge in [-0.15, -0.1) is 0 Å². The predicted molar refractivity (Wildman–Crippen MR) is 62.4 cm³/mol. The lowest BCUT2D eigenvalue weighted by molar-refractivity contribution is -0.117. The number of amides is 1. The molecule has 3 heteroatoms. The van der Waals surface area contributed by atoms with Crippen LogP contribution in [0.25, 0.3) is 0 Å². The van der Waals surface area contributed by atoms with E-state index in [1.165, 1.54) is 13.8 Å². The molecule has 0 fully saturated rings. The summed E-state index contributed by atoms with van der Waals surface area (Å²) >= 11 is 0. The number of anilines is 1. The van der Waals surface area contributed by atoms with Crippen LogP contribution in [-0.2, 0) is 11.2 Å². The lowest BCUT2D eigenvalue weighted by atomic mass is 10.1. The van der Waals surface area contributed by atoms with Crippen molar-refractivity contribution in [3.8, 4) is 0 Å². The van der Waals surface area contributed by atoms with Gasteiger partial charge in [0.2, 0.25) is 5.91 Å². The Hall–Kier alpha value is -1.38. The zero-order chi connectivity index (χ0) is 11.9. The van der Waals surface area contributed by atoms with Gasteiger partial charge >= 0.3 is 0 Å². The Bertz CT molecular complexity index is 434. The van der Waals surface area contributed by atoms with Crippen LogP contribution in [0.4, 0.5) is 10.1 Å². The number of fused-ring (bicyclic) bond motifs is 1. The molecule has 2 rings (SSSR count). The van der Waals surface area contributed by atoms with Gasteiger partial charge in [0, 0.05) is 5.69 Å². The summed E-state index contributed by atoms with van der Waals surface area (Å²) in [6.45, 7) is 5.10. The molecule has 0 bridgehead atoms. The maximum atomic E-state index is 13.6. The summed E-state index contributed by atoms with van der Waals surface area (Å²) < 4.78 is 13.6. The van der Waals surface area contributed by atoms with Gasteiger partial charge in [-0.05, 0) is 32.4 Å². The number of nitrogens with zero attached hydrogens (tertiary/aromatic N) is 1. The molecule has 2 nitrogen and oxygen atoms in total. The number of aryl methyl sites for hydroxylation is 1. The fourth-order valence-electron chi connectivity index (χ4n) is 2.06. The molecular formula is C13H16FNO. The average molecular weight is 221 g/mol. The highest BCUT2D eigenvalue weighted by Crippen LogP contribution is 2.31. The minimum atomic E-state index is -1.36. The first-order valence-corrected chi connectivity index (χ1v) is 5.46. The van der Waals surface area contributed by atoms with Crippen LogP contribution in [-0.4, -0.2) is 18.1 Å². The van der Waals surface area contributed by atoms with Gasteiger partial charge in [0.05, 0.1) is 13.0 Å². The maximum Gasteiger partial charge on any atom is 0.231 e. The standard InChI is InChI=1S/C13H16FNO/c1-9-4-5-11-10(6-9)7-12(16)15(11)8-13(2,3)14/h4-6H,7-8H2,1-3H3.